The largest absolute Gasteiger partial charge is 0.464 e. The fraction of sp³-hybridized carbons (Fsp3) is 0.214. The third-order valence-corrected chi connectivity index (χ3v) is 3.65. The number of hydrogen-bond donors (Lipinski definition) is 0. The Balaban J connectivity index is 2.13. The number of benzene rings is 1. The van der Waals surface area contributed by atoms with Gasteiger partial charge in [-0.1, -0.05) is 41.9 Å². The summed E-state index contributed by atoms with van der Waals surface area (Å²) in [6.07, 6.45) is 0. The Morgan fingerprint density at radius 3 is 2.60 bits per heavy atom. The van der Waals surface area contributed by atoms with E-state index in [0.717, 1.165) is 11.5 Å². The molecule has 0 aliphatic rings. The molecule has 0 aliphatic heterocycles. The maximum absolute atomic E-state index is 12.2. The van der Waals surface area contributed by atoms with Gasteiger partial charge in [0.05, 0.1) is 11.4 Å². The van der Waals surface area contributed by atoms with Gasteiger partial charge in [-0.3, -0.25) is 18.3 Å². The zero-order chi connectivity index (χ0) is 14.5. The van der Waals surface area contributed by atoms with Gasteiger partial charge in [-0.15, -0.1) is 0 Å². The number of ether oxygens (including phenoxy) is 1. The fourth-order valence-corrected chi connectivity index (χ4v) is 2.54. The minimum absolute atomic E-state index is 0.120. The summed E-state index contributed by atoms with van der Waals surface area (Å²) in [7, 11) is 0. The second-order valence-corrected chi connectivity index (χ2v) is 5.14. The Kier molecular flexibility index (Phi) is 4.47. The lowest BCUT2D eigenvalue weighted by molar-refractivity contribution is -0.141. The molecule has 0 spiro atoms. The Morgan fingerprint density at radius 2 is 1.95 bits per heavy atom. The van der Waals surface area contributed by atoms with Crippen molar-refractivity contribution in [3.05, 3.63) is 57.2 Å². The standard InChI is InChI=1S/C14H13NO4S/c1-10(16)19-8-7-15-13(17)9-12(20-15)14(18)11-5-3-2-4-6-11/h2-6,9H,7-8H2,1H3. The summed E-state index contributed by atoms with van der Waals surface area (Å²) in [5, 5.41) is 0. The lowest BCUT2D eigenvalue weighted by atomic mass is 10.1. The van der Waals surface area contributed by atoms with Crippen LogP contribution in [0.3, 0.4) is 0 Å². The molecule has 0 saturated carbocycles. The maximum atomic E-state index is 12.2. The van der Waals surface area contributed by atoms with Crippen LogP contribution in [0.4, 0.5) is 0 Å². The van der Waals surface area contributed by atoms with Gasteiger partial charge in [0.25, 0.3) is 5.56 Å². The van der Waals surface area contributed by atoms with E-state index in [9.17, 15) is 14.4 Å². The molecule has 0 unspecified atom stereocenters. The van der Waals surface area contributed by atoms with Crippen LogP contribution in [-0.2, 0) is 16.1 Å². The molecule has 1 aromatic heterocycles. The molecule has 0 bridgehead atoms. The van der Waals surface area contributed by atoms with Crippen molar-refractivity contribution in [2.75, 3.05) is 6.61 Å². The van der Waals surface area contributed by atoms with Crippen LogP contribution in [0.2, 0.25) is 0 Å². The first-order valence-electron chi connectivity index (χ1n) is 6.02. The van der Waals surface area contributed by atoms with Gasteiger partial charge in [0.15, 0.2) is 0 Å². The van der Waals surface area contributed by atoms with E-state index in [0.29, 0.717) is 10.4 Å². The van der Waals surface area contributed by atoms with Gasteiger partial charge in [-0.25, -0.2) is 0 Å². The molecule has 2 rings (SSSR count). The first-order chi connectivity index (χ1) is 9.58. The number of nitrogens with zero attached hydrogens (tertiary/aromatic N) is 1. The van der Waals surface area contributed by atoms with E-state index in [4.69, 9.17) is 4.74 Å². The molecule has 104 valence electrons. The quantitative estimate of drug-likeness (QED) is 0.621. The number of ketones is 1. The van der Waals surface area contributed by atoms with Gasteiger partial charge in [0.1, 0.15) is 6.61 Å². The predicted octanol–water partition coefficient (Wildman–Crippen LogP) is 1.70. The average Bonchev–Trinajstić information content (AvgIpc) is 2.80. The van der Waals surface area contributed by atoms with E-state index < -0.39 is 5.97 Å². The van der Waals surface area contributed by atoms with Crippen molar-refractivity contribution in [3.63, 3.8) is 0 Å². The average molecular weight is 291 g/mol. The number of carbonyl (C=O) groups is 2. The predicted molar refractivity (Wildman–Crippen MR) is 75.1 cm³/mol. The molecule has 20 heavy (non-hydrogen) atoms. The van der Waals surface area contributed by atoms with E-state index >= 15 is 0 Å². The summed E-state index contributed by atoms with van der Waals surface area (Å²) < 4.78 is 6.18. The second kappa shape index (κ2) is 6.29. The Morgan fingerprint density at radius 1 is 1.25 bits per heavy atom. The third kappa shape index (κ3) is 3.42. The molecule has 0 N–H and O–H groups in total. The number of rotatable bonds is 5. The zero-order valence-corrected chi connectivity index (χ0v) is 11.7. The second-order valence-electron chi connectivity index (χ2n) is 4.08. The summed E-state index contributed by atoms with van der Waals surface area (Å²) in [4.78, 5) is 34.9. The summed E-state index contributed by atoms with van der Waals surface area (Å²) in [6.45, 7) is 1.68. The Bertz CT molecular complexity index is 672. The van der Waals surface area contributed by atoms with Crippen molar-refractivity contribution in [1.29, 1.82) is 0 Å². The van der Waals surface area contributed by atoms with E-state index in [1.54, 1.807) is 24.3 Å². The van der Waals surface area contributed by atoms with Gasteiger partial charge in [-0.2, -0.15) is 0 Å². The van der Waals surface area contributed by atoms with Crippen LogP contribution in [0.25, 0.3) is 0 Å². The van der Waals surface area contributed by atoms with Crippen LogP contribution in [0.15, 0.2) is 41.2 Å². The summed E-state index contributed by atoms with van der Waals surface area (Å²) in [6, 6.07) is 10.1. The lowest BCUT2D eigenvalue weighted by Crippen LogP contribution is -2.16. The highest BCUT2D eigenvalue weighted by Crippen LogP contribution is 2.12. The molecule has 0 saturated heterocycles. The van der Waals surface area contributed by atoms with Gasteiger partial charge in [0.2, 0.25) is 5.78 Å². The Labute approximate surface area is 119 Å². The molecule has 0 radical (unpaired) electrons. The highest BCUT2D eigenvalue weighted by atomic mass is 32.1. The molecular weight excluding hydrogens is 278 g/mol. The summed E-state index contributed by atoms with van der Waals surface area (Å²) in [5.41, 5.74) is 0.280. The highest BCUT2D eigenvalue weighted by Gasteiger charge is 2.14. The van der Waals surface area contributed by atoms with Crippen molar-refractivity contribution in [1.82, 2.24) is 3.96 Å². The van der Waals surface area contributed by atoms with Crippen molar-refractivity contribution < 1.29 is 14.3 Å². The molecule has 1 heterocycles. The lowest BCUT2D eigenvalue weighted by Gasteiger charge is -2.01. The smallest absolute Gasteiger partial charge is 0.302 e. The fourth-order valence-electron chi connectivity index (χ4n) is 1.64. The molecule has 1 aromatic carbocycles. The number of aromatic nitrogens is 1. The summed E-state index contributed by atoms with van der Waals surface area (Å²) in [5.74, 6) is -0.575. The molecule has 0 amide bonds. The first-order valence-corrected chi connectivity index (χ1v) is 6.79. The number of carbonyl (C=O) groups excluding carboxylic acids is 2. The molecule has 0 atom stereocenters. The van der Waals surface area contributed by atoms with Crippen LogP contribution in [0, 0.1) is 0 Å². The van der Waals surface area contributed by atoms with E-state index in [1.165, 1.54) is 16.9 Å². The molecule has 0 fully saturated rings. The van der Waals surface area contributed by atoms with Gasteiger partial charge in [0, 0.05) is 18.6 Å². The topological polar surface area (TPSA) is 65.4 Å². The molecule has 6 heteroatoms. The van der Waals surface area contributed by atoms with E-state index in [1.807, 2.05) is 6.07 Å². The van der Waals surface area contributed by atoms with Crippen molar-refractivity contribution in [3.8, 4) is 0 Å². The van der Waals surface area contributed by atoms with Crippen LogP contribution in [0.5, 0.6) is 0 Å². The number of esters is 1. The van der Waals surface area contributed by atoms with Crippen molar-refractivity contribution in [2.45, 2.75) is 13.5 Å². The third-order valence-electron chi connectivity index (χ3n) is 2.57. The monoisotopic (exact) mass is 291 g/mol. The van der Waals surface area contributed by atoms with Crippen LogP contribution >= 0.6 is 11.5 Å². The molecule has 2 aromatic rings. The highest BCUT2D eigenvalue weighted by molar-refractivity contribution is 7.08. The normalized spacial score (nSPS) is 10.2. The van der Waals surface area contributed by atoms with Crippen LogP contribution in [-0.4, -0.2) is 22.3 Å². The molecular formula is C14H13NO4S. The SMILES string of the molecule is CC(=O)OCCn1sc(C(=O)c2ccccc2)cc1=O. The molecule has 5 nitrogen and oxygen atoms in total. The first kappa shape index (κ1) is 14.2. The van der Waals surface area contributed by atoms with E-state index in [-0.39, 0.29) is 24.5 Å². The minimum Gasteiger partial charge on any atom is -0.464 e. The maximum Gasteiger partial charge on any atom is 0.302 e. The van der Waals surface area contributed by atoms with Crippen molar-refractivity contribution >= 4 is 23.3 Å². The van der Waals surface area contributed by atoms with Crippen molar-refractivity contribution in [2.24, 2.45) is 0 Å². The van der Waals surface area contributed by atoms with E-state index in [2.05, 4.69) is 0 Å². The summed E-state index contributed by atoms with van der Waals surface area (Å²) >= 11 is 1.08. The van der Waals surface area contributed by atoms with Crippen LogP contribution < -0.4 is 5.56 Å². The molecule has 0 aliphatic carbocycles. The van der Waals surface area contributed by atoms with Gasteiger partial charge < -0.3 is 4.74 Å². The van der Waals surface area contributed by atoms with Crippen LogP contribution in [0.1, 0.15) is 22.2 Å². The zero-order valence-electron chi connectivity index (χ0n) is 10.9. The van der Waals surface area contributed by atoms with Gasteiger partial charge in [-0.05, 0) is 0 Å². The Hall–Kier alpha value is -2.21. The van der Waals surface area contributed by atoms with Gasteiger partial charge >= 0.3 is 5.97 Å². The number of hydrogen-bond acceptors (Lipinski definition) is 5. The minimum atomic E-state index is -0.393.